The molecule has 4 amide bonds. The molecule has 15 nitrogen and oxygen atoms in total. The lowest BCUT2D eigenvalue weighted by atomic mass is 9.98. The van der Waals surface area contributed by atoms with Crippen LogP contribution in [0.15, 0.2) is 45.6 Å². The summed E-state index contributed by atoms with van der Waals surface area (Å²) in [4.78, 5) is 73.7. The molecule has 1 atom stereocenters. The standard InChI is InChI=1S/C33H41N5O6.C14H28N2O2.CH4/c1-21-8-13-36(14-9-21)30(39)28(20-23-18-22(2)29-27(19-23)43-32(41)35(29)3)44-33(42)37-15-11-25(12-16-37)38-17-10-24-6-4-5-7-26(24)34-31(38)40;1-13-5-9-16(10-6-13)11-7-14(17)18-12-4-8-15(2)3;/h4-7,18-19,21,25,28H,8-17,20H2,1-3H3,(H,34,40);13H,4-12H2,1-3H3;1H4/t28-;;/m1../s1. The third-order valence-corrected chi connectivity index (χ3v) is 13.0. The minimum Gasteiger partial charge on any atom is -0.466 e. The summed E-state index contributed by atoms with van der Waals surface area (Å²) in [5.41, 5.74) is 4.72. The predicted octanol–water partition coefficient (Wildman–Crippen LogP) is 6.54. The molecule has 2 aromatic carbocycles. The van der Waals surface area contributed by atoms with Crippen LogP contribution in [0, 0.1) is 18.8 Å². The third kappa shape index (κ3) is 13.6. The van der Waals surface area contributed by atoms with Crippen LogP contribution in [-0.2, 0) is 39.0 Å². The topological polar surface area (TPSA) is 150 Å². The van der Waals surface area contributed by atoms with Crippen LogP contribution in [0.3, 0.4) is 0 Å². The third-order valence-electron chi connectivity index (χ3n) is 13.0. The molecular weight excluding hydrogens is 803 g/mol. The maximum Gasteiger partial charge on any atom is 0.419 e. The number of hydrogen-bond acceptors (Lipinski definition) is 10. The summed E-state index contributed by atoms with van der Waals surface area (Å²) in [6, 6.07) is 11.4. The fraction of sp³-hybridized carbons (Fsp3) is 0.646. The second kappa shape index (κ2) is 23.2. The predicted molar refractivity (Wildman–Crippen MR) is 246 cm³/mol. The van der Waals surface area contributed by atoms with Gasteiger partial charge >= 0.3 is 23.8 Å². The molecule has 348 valence electrons. The van der Waals surface area contributed by atoms with E-state index in [1.165, 1.54) is 17.4 Å². The van der Waals surface area contributed by atoms with Gasteiger partial charge in [-0.2, -0.15) is 0 Å². The van der Waals surface area contributed by atoms with Crippen LogP contribution in [0.25, 0.3) is 11.1 Å². The largest absolute Gasteiger partial charge is 0.466 e. The van der Waals surface area contributed by atoms with E-state index in [0.29, 0.717) is 75.6 Å². The van der Waals surface area contributed by atoms with Crippen LogP contribution >= 0.6 is 0 Å². The second-order valence-corrected chi connectivity index (χ2v) is 18.2. The fourth-order valence-electron chi connectivity index (χ4n) is 8.99. The molecule has 0 spiro atoms. The average Bonchev–Trinajstić information content (AvgIpc) is 3.43. The Labute approximate surface area is 374 Å². The Morgan fingerprint density at radius 2 is 1.54 bits per heavy atom. The number of para-hydroxylation sites is 1. The van der Waals surface area contributed by atoms with Crippen LogP contribution in [0.4, 0.5) is 15.3 Å². The van der Waals surface area contributed by atoms with Crippen molar-refractivity contribution in [1.82, 2.24) is 29.1 Å². The average molecular weight is 876 g/mol. The van der Waals surface area contributed by atoms with Gasteiger partial charge in [0.05, 0.1) is 18.5 Å². The highest BCUT2D eigenvalue weighted by Crippen LogP contribution is 2.27. The lowest BCUT2D eigenvalue weighted by Gasteiger charge is -2.38. The number of anilines is 1. The van der Waals surface area contributed by atoms with Crippen molar-refractivity contribution in [2.75, 3.05) is 84.9 Å². The summed E-state index contributed by atoms with van der Waals surface area (Å²) in [6.07, 6.45) is 6.48. The highest BCUT2D eigenvalue weighted by Gasteiger charge is 2.35. The van der Waals surface area contributed by atoms with Gasteiger partial charge in [0.2, 0.25) is 0 Å². The van der Waals surface area contributed by atoms with Crippen molar-refractivity contribution in [3.05, 3.63) is 63.6 Å². The zero-order valence-corrected chi connectivity index (χ0v) is 37.9. The molecule has 3 saturated heterocycles. The maximum absolute atomic E-state index is 13.8. The maximum atomic E-state index is 13.8. The normalized spacial score (nSPS) is 18.5. The van der Waals surface area contributed by atoms with Crippen LogP contribution in [0.2, 0.25) is 0 Å². The molecule has 0 unspecified atom stereocenters. The second-order valence-electron chi connectivity index (χ2n) is 18.2. The van der Waals surface area contributed by atoms with Gasteiger partial charge in [-0.05, 0) is 126 Å². The van der Waals surface area contributed by atoms with Crippen molar-refractivity contribution in [2.24, 2.45) is 18.9 Å². The van der Waals surface area contributed by atoms with E-state index in [1.807, 2.05) is 56.3 Å². The molecule has 7 rings (SSSR count). The van der Waals surface area contributed by atoms with Crippen molar-refractivity contribution in [3.63, 3.8) is 0 Å². The van der Waals surface area contributed by atoms with Crippen molar-refractivity contribution < 1.29 is 33.1 Å². The number of carbonyl (C=O) groups excluding carboxylic acids is 4. The van der Waals surface area contributed by atoms with Crippen molar-refractivity contribution in [3.8, 4) is 0 Å². The number of carbonyl (C=O) groups is 4. The van der Waals surface area contributed by atoms with Gasteiger partial charge in [-0.1, -0.05) is 45.5 Å². The number of fused-ring (bicyclic) bond motifs is 2. The first-order chi connectivity index (χ1) is 29.7. The number of benzene rings is 2. The molecule has 0 aliphatic carbocycles. The van der Waals surface area contributed by atoms with E-state index in [4.69, 9.17) is 13.9 Å². The molecular formula is C48H73N7O8. The first-order valence-corrected chi connectivity index (χ1v) is 22.8. The molecule has 4 aliphatic heterocycles. The zero-order valence-electron chi connectivity index (χ0n) is 37.9. The number of piperidine rings is 3. The lowest BCUT2D eigenvalue weighted by Crippen LogP contribution is -2.51. The van der Waals surface area contributed by atoms with E-state index in [9.17, 15) is 24.0 Å². The minimum atomic E-state index is -1.00. The van der Waals surface area contributed by atoms with Gasteiger partial charge in [-0.3, -0.25) is 14.2 Å². The van der Waals surface area contributed by atoms with E-state index in [1.54, 1.807) is 22.9 Å². The monoisotopic (exact) mass is 876 g/mol. The Morgan fingerprint density at radius 3 is 2.22 bits per heavy atom. The number of likely N-dealkylation sites (tertiary alicyclic amines) is 3. The molecule has 0 saturated carbocycles. The Bertz CT molecular complexity index is 2040. The van der Waals surface area contributed by atoms with Crippen LogP contribution in [0.1, 0.15) is 89.3 Å². The first-order valence-electron chi connectivity index (χ1n) is 22.8. The summed E-state index contributed by atoms with van der Waals surface area (Å²) >= 11 is 0. The number of ether oxygens (including phenoxy) is 2. The number of aromatic nitrogens is 1. The van der Waals surface area contributed by atoms with Crippen molar-refractivity contribution >= 4 is 40.8 Å². The van der Waals surface area contributed by atoms with Gasteiger partial charge in [0.1, 0.15) is 0 Å². The van der Waals surface area contributed by atoms with E-state index in [2.05, 4.69) is 29.0 Å². The molecule has 0 radical (unpaired) electrons. The Balaban J connectivity index is 0.000000333. The molecule has 5 heterocycles. The molecule has 0 bridgehead atoms. The highest BCUT2D eigenvalue weighted by atomic mass is 16.6. The molecule has 4 aliphatic rings. The summed E-state index contributed by atoms with van der Waals surface area (Å²) in [6.45, 7) is 13.8. The van der Waals surface area contributed by atoms with Crippen LogP contribution in [-0.4, -0.2) is 145 Å². The quantitative estimate of drug-likeness (QED) is 0.157. The van der Waals surface area contributed by atoms with Gasteiger partial charge in [0, 0.05) is 71.0 Å². The Hall–Kier alpha value is -4.89. The van der Waals surface area contributed by atoms with Crippen LogP contribution < -0.4 is 11.1 Å². The summed E-state index contributed by atoms with van der Waals surface area (Å²) in [5.74, 6) is 0.694. The van der Waals surface area contributed by atoms with E-state index >= 15 is 0 Å². The molecule has 3 aromatic rings. The summed E-state index contributed by atoms with van der Waals surface area (Å²) < 4.78 is 18.1. The number of amides is 4. The molecule has 63 heavy (non-hydrogen) atoms. The van der Waals surface area contributed by atoms with Crippen molar-refractivity contribution in [2.45, 2.75) is 105 Å². The molecule has 3 fully saturated rings. The highest BCUT2D eigenvalue weighted by molar-refractivity contribution is 5.91. The smallest absolute Gasteiger partial charge is 0.419 e. The SMILES string of the molecule is C.CC1CCN(CCC(=O)OCCCN(C)C)CC1.Cc1cc(C[C@@H](OC(=O)N2CCC(N3CCc4ccccc4NC3=O)CC2)C(=O)N2CCC(C)CC2)cc2oc(=O)n(C)c12. The summed E-state index contributed by atoms with van der Waals surface area (Å²) in [5, 5.41) is 3.03. The molecule has 15 heteroatoms. The number of oxazole rings is 1. The van der Waals surface area contributed by atoms with Gasteiger partial charge in [0.15, 0.2) is 11.7 Å². The van der Waals surface area contributed by atoms with E-state index in [-0.39, 0.29) is 37.8 Å². The number of urea groups is 1. The Kier molecular flexibility index (Phi) is 18.1. The van der Waals surface area contributed by atoms with Crippen LogP contribution in [0.5, 0.6) is 0 Å². The fourth-order valence-corrected chi connectivity index (χ4v) is 8.99. The van der Waals surface area contributed by atoms with Gasteiger partial charge in [-0.25, -0.2) is 14.4 Å². The Morgan fingerprint density at radius 1 is 0.889 bits per heavy atom. The first kappa shape index (κ1) is 49.1. The number of esters is 1. The van der Waals surface area contributed by atoms with Crippen molar-refractivity contribution in [1.29, 1.82) is 0 Å². The number of hydrogen-bond donors (Lipinski definition) is 1. The van der Waals surface area contributed by atoms with E-state index in [0.717, 1.165) is 80.2 Å². The van der Waals surface area contributed by atoms with Gasteiger partial charge in [0.25, 0.3) is 5.91 Å². The zero-order chi connectivity index (χ0) is 44.3. The summed E-state index contributed by atoms with van der Waals surface area (Å²) in [7, 11) is 5.71. The minimum absolute atomic E-state index is 0. The number of rotatable bonds is 12. The van der Waals surface area contributed by atoms with E-state index < -0.39 is 18.0 Å². The van der Waals surface area contributed by atoms with Gasteiger partial charge < -0.3 is 43.7 Å². The number of nitrogens with one attached hydrogen (secondary N) is 1. The van der Waals surface area contributed by atoms with Gasteiger partial charge in [-0.15, -0.1) is 0 Å². The lowest BCUT2D eigenvalue weighted by molar-refractivity contribution is -0.144. The molecule has 1 aromatic heterocycles. The number of aryl methyl sites for hydroxylation is 2. The molecule has 1 N–H and O–H groups in total. The number of nitrogens with zero attached hydrogens (tertiary/aromatic N) is 6.